The van der Waals surface area contributed by atoms with Crippen LogP contribution in [0.1, 0.15) is 24.5 Å². The Labute approximate surface area is 162 Å². The van der Waals surface area contributed by atoms with Crippen LogP contribution in [-0.2, 0) is 20.7 Å². The highest BCUT2D eigenvalue weighted by atomic mass is 35.5. The minimum atomic E-state index is -1.01. The Balaban J connectivity index is 1.93. The number of anilines is 1. The molecular formula is C20H21ClFNO4. The van der Waals surface area contributed by atoms with Crippen LogP contribution in [0.25, 0.3) is 0 Å². The van der Waals surface area contributed by atoms with E-state index >= 15 is 0 Å². The first-order valence-electron chi connectivity index (χ1n) is 8.39. The van der Waals surface area contributed by atoms with E-state index in [1.54, 1.807) is 37.3 Å². The number of ether oxygens (including phenoxy) is 2. The van der Waals surface area contributed by atoms with Gasteiger partial charge in [0.2, 0.25) is 0 Å². The third-order valence-electron chi connectivity index (χ3n) is 3.97. The highest BCUT2D eigenvalue weighted by molar-refractivity contribution is 6.31. The lowest BCUT2D eigenvalue weighted by molar-refractivity contribution is -0.153. The molecule has 0 radical (unpaired) electrons. The molecule has 0 saturated heterocycles. The van der Waals surface area contributed by atoms with Crippen molar-refractivity contribution in [1.82, 2.24) is 0 Å². The molecule has 2 rings (SSSR count). The number of hydrogen-bond acceptors (Lipinski definition) is 4. The van der Waals surface area contributed by atoms with E-state index < -0.39 is 18.0 Å². The van der Waals surface area contributed by atoms with Gasteiger partial charge in [0.15, 0.2) is 6.10 Å². The fourth-order valence-corrected chi connectivity index (χ4v) is 2.57. The summed E-state index contributed by atoms with van der Waals surface area (Å²) in [6.45, 7) is 3.26. The first-order valence-corrected chi connectivity index (χ1v) is 8.77. The standard InChI is InChI=1S/C20H21ClFNO4/c1-12-10-17(18(26-3)11-15(12)21)23-20(25)13(2)27-19(24)9-8-14-6-4-5-7-16(14)22/h4-7,10-11,13H,8-9H2,1-3H3,(H,23,25)/t13-/m1/s1. The monoisotopic (exact) mass is 393 g/mol. The Hall–Kier alpha value is -2.60. The lowest BCUT2D eigenvalue weighted by Gasteiger charge is -2.16. The molecule has 0 spiro atoms. The van der Waals surface area contributed by atoms with Gasteiger partial charge in [-0.15, -0.1) is 0 Å². The maximum absolute atomic E-state index is 13.6. The van der Waals surface area contributed by atoms with E-state index in [2.05, 4.69) is 5.32 Å². The maximum atomic E-state index is 13.6. The number of carbonyl (C=O) groups is 2. The van der Waals surface area contributed by atoms with Crippen molar-refractivity contribution < 1.29 is 23.5 Å². The lowest BCUT2D eigenvalue weighted by atomic mass is 10.1. The van der Waals surface area contributed by atoms with Crippen LogP contribution in [0.4, 0.5) is 10.1 Å². The van der Waals surface area contributed by atoms with Crippen LogP contribution >= 0.6 is 11.6 Å². The summed E-state index contributed by atoms with van der Waals surface area (Å²) in [5.74, 6) is -1.06. The number of halogens is 2. The van der Waals surface area contributed by atoms with Gasteiger partial charge >= 0.3 is 5.97 Å². The molecule has 144 valence electrons. The predicted molar refractivity (Wildman–Crippen MR) is 102 cm³/mol. The van der Waals surface area contributed by atoms with Gasteiger partial charge in [0.25, 0.3) is 5.91 Å². The molecule has 0 fully saturated rings. The largest absolute Gasteiger partial charge is 0.495 e. The Kier molecular flexibility index (Phi) is 7.19. The molecule has 5 nitrogen and oxygen atoms in total. The van der Waals surface area contributed by atoms with E-state index in [4.69, 9.17) is 21.1 Å². The lowest BCUT2D eigenvalue weighted by Crippen LogP contribution is -2.30. The molecule has 2 aromatic carbocycles. The van der Waals surface area contributed by atoms with Crippen LogP contribution in [0.3, 0.4) is 0 Å². The van der Waals surface area contributed by atoms with E-state index in [0.29, 0.717) is 22.0 Å². The number of amides is 1. The predicted octanol–water partition coefficient (Wildman–Crippen LogP) is 4.30. The van der Waals surface area contributed by atoms with Crippen molar-refractivity contribution in [2.75, 3.05) is 12.4 Å². The molecule has 1 N–H and O–H groups in total. The Morgan fingerprint density at radius 2 is 1.96 bits per heavy atom. The zero-order valence-electron chi connectivity index (χ0n) is 15.3. The fraction of sp³-hybridized carbons (Fsp3) is 0.300. The normalized spacial score (nSPS) is 11.6. The van der Waals surface area contributed by atoms with Gasteiger partial charge < -0.3 is 14.8 Å². The average Bonchev–Trinajstić information content (AvgIpc) is 2.63. The van der Waals surface area contributed by atoms with Crippen molar-refractivity contribution >= 4 is 29.2 Å². The molecule has 0 aliphatic carbocycles. The van der Waals surface area contributed by atoms with Crippen LogP contribution in [0.5, 0.6) is 5.75 Å². The maximum Gasteiger partial charge on any atom is 0.306 e. The number of benzene rings is 2. The zero-order valence-corrected chi connectivity index (χ0v) is 16.1. The van der Waals surface area contributed by atoms with Crippen LogP contribution < -0.4 is 10.1 Å². The van der Waals surface area contributed by atoms with Gasteiger partial charge in [0.1, 0.15) is 11.6 Å². The smallest absolute Gasteiger partial charge is 0.306 e. The second-order valence-electron chi connectivity index (χ2n) is 6.01. The summed E-state index contributed by atoms with van der Waals surface area (Å²) in [5.41, 5.74) is 1.62. The summed E-state index contributed by atoms with van der Waals surface area (Å²) in [5, 5.41) is 3.17. The van der Waals surface area contributed by atoms with Crippen molar-refractivity contribution in [2.24, 2.45) is 0 Å². The molecule has 0 aromatic heterocycles. The molecular weight excluding hydrogens is 373 g/mol. The van der Waals surface area contributed by atoms with E-state index in [1.165, 1.54) is 20.1 Å². The highest BCUT2D eigenvalue weighted by Gasteiger charge is 2.20. The second kappa shape index (κ2) is 9.37. The Bertz CT molecular complexity index is 841. The number of carbonyl (C=O) groups excluding carboxylic acids is 2. The van der Waals surface area contributed by atoms with Gasteiger partial charge in [-0.3, -0.25) is 9.59 Å². The molecule has 1 amide bonds. The van der Waals surface area contributed by atoms with Crippen molar-refractivity contribution in [3.05, 3.63) is 58.4 Å². The number of esters is 1. The van der Waals surface area contributed by atoms with Gasteiger partial charge in [-0.1, -0.05) is 29.8 Å². The van der Waals surface area contributed by atoms with Crippen LogP contribution in [0, 0.1) is 12.7 Å². The minimum absolute atomic E-state index is 0.0259. The van der Waals surface area contributed by atoms with E-state index in [1.807, 2.05) is 0 Å². The van der Waals surface area contributed by atoms with Crippen molar-refractivity contribution in [3.63, 3.8) is 0 Å². The van der Waals surface area contributed by atoms with Crippen LogP contribution in [-0.4, -0.2) is 25.1 Å². The molecule has 0 aliphatic heterocycles. The number of nitrogens with one attached hydrogen (secondary N) is 1. The summed E-state index contributed by atoms with van der Waals surface area (Å²) >= 11 is 6.04. The summed E-state index contributed by atoms with van der Waals surface area (Å²) in [6, 6.07) is 9.48. The molecule has 0 bridgehead atoms. The van der Waals surface area contributed by atoms with Crippen molar-refractivity contribution in [3.8, 4) is 5.75 Å². The fourth-order valence-electron chi connectivity index (χ4n) is 2.41. The zero-order chi connectivity index (χ0) is 20.0. The molecule has 7 heteroatoms. The topological polar surface area (TPSA) is 64.6 Å². The first kappa shape index (κ1) is 20.7. The third kappa shape index (κ3) is 5.69. The molecule has 0 aliphatic rings. The minimum Gasteiger partial charge on any atom is -0.495 e. The highest BCUT2D eigenvalue weighted by Crippen LogP contribution is 2.31. The van der Waals surface area contributed by atoms with Gasteiger partial charge in [0, 0.05) is 17.5 Å². The summed E-state index contributed by atoms with van der Waals surface area (Å²) in [4.78, 5) is 24.3. The number of aryl methyl sites for hydroxylation is 2. The first-order chi connectivity index (χ1) is 12.8. The SMILES string of the molecule is COc1cc(Cl)c(C)cc1NC(=O)[C@@H](C)OC(=O)CCc1ccccc1F. The van der Waals surface area contributed by atoms with E-state index in [-0.39, 0.29) is 18.7 Å². The molecule has 1 atom stereocenters. The molecule has 0 unspecified atom stereocenters. The van der Waals surface area contributed by atoms with Gasteiger partial charge in [-0.2, -0.15) is 0 Å². The Morgan fingerprint density at radius 1 is 1.26 bits per heavy atom. The van der Waals surface area contributed by atoms with Gasteiger partial charge in [-0.25, -0.2) is 4.39 Å². The quantitative estimate of drug-likeness (QED) is 0.712. The van der Waals surface area contributed by atoms with Crippen molar-refractivity contribution in [1.29, 1.82) is 0 Å². The number of methoxy groups -OCH3 is 1. The third-order valence-corrected chi connectivity index (χ3v) is 4.38. The summed E-state index contributed by atoms with van der Waals surface area (Å²) in [7, 11) is 1.46. The number of hydrogen-bond donors (Lipinski definition) is 1. The van der Waals surface area contributed by atoms with Gasteiger partial charge in [0.05, 0.1) is 12.8 Å². The molecule has 0 saturated carbocycles. The summed E-state index contributed by atoms with van der Waals surface area (Å²) in [6.07, 6.45) is -0.842. The van der Waals surface area contributed by atoms with Gasteiger partial charge in [-0.05, 0) is 43.5 Å². The average molecular weight is 394 g/mol. The molecule has 2 aromatic rings. The van der Waals surface area contributed by atoms with Crippen LogP contribution in [0.15, 0.2) is 36.4 Å². The number of rotatable bonds is 7. The van der Waals surface area contributed by atoms with E-state index in [9.17, 15) is 14.0 Å². The van der Waals surface area contributed by atoms with Crippen molar-refractivity contribution in [2.45, 2.75) is 32.8 Å². The van der Waals surface area contributed by atoms with Crippen LogP contribution in [0.2, 0.25) is 5.02 Å². The molecule has 27 heavy (non-hydrogen) atoms. The second-order valence-corrected chi connectivity index (χ2v) is 6.42. The summed E-state index contributed by atoms with van der Waals surface area (Å²) < 4.78 is 23.9. The van der Waals surface area contributed by atoms with E-state index in [0.717, 1.165) is 5.56 Å². The Morgan fingerprint density at radius 3 is 2.63 bits per heavy atom. The molecule has 0 heterocycles.